The number of rotatable bonds is 6. The Bertz CT molecular complexity index is 1060. The second-order valence-corrected chi connectivity index (χ2v) is 10.3. The Kier molecular flexibility index (Phi) is 7.01. The van der Waals surface area contributed by atoms with Gasteiger partial charge in [0.05, 0.1) is 17.7 Å². The Labute approximate surface area is 190 Å². The van der Waals surface area contributed by atoms with Crippen LogP contribution in [0.4, 0.5) is 10.5 Å². The zero-order chi connectivity index (χ0) is 22.6. The van der Waals surface area contributed by atoms with Gasteiger partial charge in [0.25, 0.3) is 0 Å². The first-order valence-electron chi connectivity index (χ1n) is 11.3. The number of nitrogens with zero attached hydrogens (tertiary/aromatic N) is 1. The molecule has 0 spiro atoms. The van der Waals surface area contributed by atoms with E-state index in [1.807, 2.05) is 24.3 Å². The fourth-order valence-corrected chi connectivity index (χ4v) is 5.64. The van der Waals surface area contributed by atoms with Gasteiger partial charge in [-0.3, -0.25) is 0 Å². The summed E-state index contributed by atoms with van der Waals surface area (Å²) in [6.45, 7) is 1.57. The number of carbonyl (C=O) groups is 1. The van der Waals surface area contributed by atoms with Crippen molar-refractivity contribution in [2.24, 2.45) is 5.92 Å². The van der Waals surface area contributed by atoms with Crippen LogP contribution in [0, 0.1) is 5.92 Å². The number of benzene rings is 2. The first kappa shape index (κ1) is 22.6. The number of para-hydroxylation sites is 2. The van der Waals surface area contributed by atoms with E-state index >= 15 is 0 Å². The molecule has 0 saturated carbocycles. The van der Waals surface area contributed by atoms with E-state index in [1.54, 1.807) is 30.2 Å². The molecule has 0 unspecified atom stereocenters. The molecule has 0 radical (unpaired) electrons. The van der Waals surface area contributed by atoms with Gasteiger partial charge in [0.2, 0.25) is 10.0 Å². The summed E-state index contributed by atoms with van der Waals surface area (Å²) in [5.74, 6) is 0.824. The molecule has 2 aliphatic rings. The minimum absolute atomic E-state index is 0.164. The van der Waals surface area contributed by atoms with Gasteiger partial charge >= 0.3 is 6.03 Å². The Morgan fingerprint density at radius 2 is 1.78 bits per heavy atom. The van der Waals surface area contributed by atoms with Crippen molar-refractivity contribution in [3.05, 3.63) is 53.6 Å². The number of ether oxygens (including phenoxy) is 1. The molecule has 7 nitrogen and oxygen atoms in total. The largest absolute Gasteiger partial charge is 0.495 e. The Morgan fingerprint density at radius 3 is 2.53 bits per heavy atom. The molecule has 172 valence electrons. The molecule has 2 N–H and O–H groups in total. The number of piperidine rings is 1. The summed E-state index contributed by atoms with van der Waals surface area (Å²) in [6.07, 6.45) is 5.79. The highest BCUT2D eigenvalue weighted by atomic mass is 32.2. The molecule has 32 heavy (non-hydrogen) atoms. The van der Waals surface area contributed by atoms with E-state index < -0.39 is 10.0 Å². The number of methoxy groups -OCH3 is 1. The first-order valence-corrected chi connectivity index (χ1v) is 12.7. The Balaban J connectivity index is 1.28. The van der Waals surface area contributed by atoms with E-state index in [4.69, 9.17) is 4.74 Å². The molecule has 0 bridgehead atoms. The summed E-state index contributed by atoms with van der Waals surface area (Å²) in [4.78, 5) is 14.7. The number of fused-ring (bicyclic) bond motifs is 1. The third-order valence-corrected chi connectivity index (χ3v) is 7.86. The molecule has 2 aromatic rings. The third kappa shape index (κ3) is 5.24. The smallest absolute Gasteiger partial charge is 0.321 e. The zero-order valence-corrected chi connectivity index (χ0v) is 19.3. The molecule has 8 heteroatoms. The molecule has 0 atom stereocenters. The summed E-state index contributed by atoms with van der Waals surface area (Å²) in [7, 11) is -1.96. The number of likely N-dealkylation sites (tertiary alicyclic amines) is 1. The lowest BCUT2D eigenvalue weighted by atomic mass is 9.92. The van der Waals surface area contributed by atoms with Crippen LogP contribution in [0.1, 0.15) is 36.8 Å². The summed E-state index contributed by atoms with van der Waals surface area (Å²) in [5.41, 5.74) is 3.07. The molecular formula is C24H31N3O4S. The van der Waals surface area contributed by atoms with E-state index in [1.165, 1.54) is 12.0 Å². The molecule has 1 aliphatic carbocycles. The predicted molar refractivity (Wildman–Crippen MR) is 125 cm³/mol. The molecule has 1 heterocycles. The van der Waals surface area contributed by atoms with E-state index in [0.29, 0.717) is 36.0 Å². The lowest BCUT2D eigenvalue weighted by Crippen LogP contribution is -2.43. The summed E-state index contributed by atoms with van der Waals surface area (Å²) >= 11 is 0. The van der Waals surface area contributed by atoms with Crippen molar-refractivity contribution >= 4 is 21.7 Å². The number of aryl methyl sites for hydroxylation is 2. The van der Waals surface area contributed by atoms with Gasteiger partial charge < -0.3 is 15.0 Å². The number of hydrogen-bond donors (Lipinski definition) is 2. The van der Waals surface area contributed by atoms with E-state index in [0.717, 1.165) is 37.7 Å². The van der Waals surface area contributed by atoms with Gasteiger partial charge in [-0.15, -0.1) is 0 Å². The summed E-state index contributed by atoms with van der Waals surface area (Å²) in [5, 5.41) is 2.90. The number of amides is 2. The number of hydrogen-bond acceptors (Lipinski definition) is 4. The minimum Gasteiger partial charge on any atom is -0.495 e. The van der Waals surface area contributed by atoms with E-state index in [2.05, 4.69) is 10.0 Å². The number of carbonyl (C=O) groups excluding carboxylic acids is 1. The van der Waals surface area contributed by atoms with Gasteiger partial charge in [-0.05, 0) is 79.8 Å². The first-order chi connectivity index (χ1) is 15.5. The van der Waals surface area contributed by atoms with Crippen LogP contribution in [0.2, 0.25) is 0 Å². The number of anilines is 1. The van der Waals surface area contributed by atoms with Crippen LogP contribution in [-0.2, 0) is 22.9 Å². The zero-order valence-electron chi connectivity index (χ0n) is 18.5. The maximum atomic E-state index is 12.8. The number of urea groups is 1. The average Bonchev–Trinajstić information content (AvgIpc) is 2.83. The second-order valence-electron chi connectivity index (χ2n) is 8.55. The second kappa shape index (κ2) is 9.92. The maximum absolute atomic E-state index is 12.8. The lowest BCUT2D eigenvalue weighted by Gasteiger charge is -2.32. The van der Waals surface area contributed by atoms with E-state index in [-0.39, 0.29) is 11.9 Å². The van der Waals surface area contributed by atoms with Gasteiger partial charge in [0, 0.05) is 19.6 Å². The predicted octanol–water partition coefficient (Wildman–Crippen LogP) is 3.80. The maximum Gasteiger partial charge on any atom is 0.321 e. The Hall–Kier alpha value is -2.58. The van der Waals surface area contributed by atoms with Gasteiger partial charge in [0.15, 0.2) is 0 Å². The van der Waals surface area contributed by atoms with Gasteiger partial charge in [-0.2, -0.15) is 0 Å². The van der Waals surface area contributed by atoms with Crippen LogP contribution >= 0.6 is 0 Å². The summed E-state index contributed by atoms with van der Waals surface area (Å²) < 4.78 is 33.7. The number of sulfonamides is 1. The van der Waals surface area contributed by atoms with Crippen LogP contribution in [0.3, 0.4) is 0 Å². The highest BCUT2D eigenvalue weighted by Gasteiger charge is 2.25. The molecule has 0 aromatic heterocycles. The Morgan fingerprint density at radius 1 is 1.06 bits per heavy atom. The minimum atomic E-state index is -3.53. The molecule has 4 rings (SSSR count). The van der Waals surface area contributed by atoms with Crippen molar-refractivity contribution < 1.29 is 17.9 Å². The highest BCUT2D eigenvalue weighted by molar-refractivity contribution is 7.89. The molecule has 2 aromatic carbocycles. The van der Waals surface area contributed by atoms with Crippen molar-refractivity contribution in [1.82, 2.24) is 9.62 Å². The topological polar surface area (TPSA) is 87.7 Å². The summed E-state index contributed by atoms with van der Waals surface area (Å²) in [6, 6.07) is 12.7. The molecule has 1 aliphatic heterocycles. The van der Waals surface area contributed by atoms with Crippen molar-refractivity contribution in [2.75, 3.05) is 32.1 Å². The highest BCUT2D eigenvalue weighted by Crippen LogP contribution is 2.26. The fraction of sp³-hybridized carbons (Fsp3) is 0.458. The quantitative estimate of drug-likeness (QED) is 0.691. The lowest BCUT2D eigenvalue weighted by molar-refractivity contribution is 0.183. The average molecular weight is 458 g/mol. The van der Waals surface area contributed by atoms with E-state index in [9.17, 15) is 13.2 Å². The third-order valence-electron chi connectivity index (χ3n) is 6.44. The molecule has 1 saturated heterocycles. The van der Waals surface area contributed by atoms with Gasteiger partial charge in [-0.25, -0.2) is 17.9 Å². The normalized spacial score (nSPS) is 17.0. The van der Waals surface area contributed by atoms with Crippen LogP contribution in [-0.4, -0.2) is 46.1 Å². The van der Waals surface area contributed by atoms with Gasteiger partial charge in [-0.1, -0.05) is 18.2 Å². The van der Waals surface area contributed by atoms with Crippen molar-refractivity contribution in [3.8, 4) is 5.75 Å². The van der Waals surface area contributed by atoms with Crippen molar-refractivity contribution in [1.29, 1.82) is 0 Å². The van der Waals surface area contributed by atoms with Crippen molar-refractivity contribution in [3.63, 3.8) is 0 Å². The monoisotopic (exact) mass is 457 g/mol. The van der Waals surface area contributed by atoms with Crippen LogP contribution in [0.15, 0.2) is 47.4 Å². The van der Waals surface area contributed by atoms with Crippen LogP contribution in [0.5, 0.6) is 5.75 Å². The fourth-order valence-electron chi connectivity index (χ4n) is 4.47. The van der Waals surface area contributed by atoms with Crippen LogP contribution in [0.25, 0.3) is 0 Å². The SMILES string of the molecule is COc1ccccc1NC(=O)N1CCC(CNS(=O)(=O)c2ccc3c(c2)CCCC3)CC1. The van der Waals surface area contributed by atoms with Crippen molar-refractivity contribution in [2.45, 2.75) is 43.4 Å². The standard InChI is InChI=1S/C24H31N3O4S/c1-31-23-9-5-4-8-22(23)26-24(28)27-14-12-18(13-15-27)17-25-32(29,30)21-11-10-19-6-2-3-7-20(19)16-21/h4-5,8-11,16,18,25H,2-3,6-7,12-15,17H2,1H3,(H,26,28). The van der Waals surface area contributed by atoms with Gasteiger partial charge in [0.1, 0.15) is 5.75 Å². The van der Waals surface area contributed by atoms with Crippen LogP contribution < -0.4 is 14.8 Å². The molecule has 2 amide bonds. The number of nitrogens with one attached hydrogen (secondary N) is 2. The molecular weight excluding hydrogens is 426 g/mol. The molecule has 1 fully saturated rings.